The maximum atomic E-state index is 13.4. The van der Waals surface area contributed by atoms with Crippen molar-refractivity contribution in [2.75, 3.05) is 0 Å². The molecule has 0 N–H and O–H groups in total. The van der Waals surface area contributed by atoms with Crippen LogP contribution >= 0.6 is 0 Å². The first-order chi connectivity index (χ1) is 14.7. The zero-order chi connectivity index (χ0) is 22.1. The van der Waals surface area contributed by atoms with E-state index < -0.39 is 35.6 Å². The van der Waals surface area contributed by atoms with E-state index in [4.69, 9.17) is 14.2 Å². The van der Waals surface area contributed by atoms with Gasteiger partial charge in [-0.2, -0.15) is 0 Å². The predicted molar refractivity (Wildman–Crippen MR) is 111 cm³/mol. The van der Waals surface area contributed by atoms with Gasteiger partial charge in [0.25, 0.3) is 0 Å². The van der Waals surface area contributed by atoms with Gasteiger partial charge in [0.15, 0.2) is 0 Å². The average molecular weight is 424 g/mol. The molecule has 6 heteroatoms. The molecule has 3 aliphatic carbocycles. The predicted octanol–water partition coefficient (Wildman–Crippen LogP) is 3.02. The molecule has 2 bridgehead atoms. The average Bonchev–Trinajstić information content (AvgIpc) is 3.43. The van der Waals surface area contributed by atoms with Crippen LogP contribution in [0.1, 0.15) is 38.3 Å². The lowest BCUT2D eigenvalue weighted by atomic mass is 9.78. The number of hydrogen-bond acceptors (Lipinski definition) is 6. The molecule has 0 spiro atoms. The Labute approximate surface area is 181 Å². The Morgan fingerprint density at radius 2 is 1.77 bits per heavy atom. The Morgan fingerprint density at radius 1 is 1.13 bits per heavy atom. The van der Waals surface area contributed by atoms with Gasteiger partial charge >= 0.3 is 17.9 Å². The van der Waals surface area contributed by atoms with Crippen molar-refractivity contribution in [2.45, 2.75) is 57.8 Å². The molecule has 164 valence electrons. The smallest absolute Gasteiger partial charge is 0.333 e. The minimum absolute atomic E-state index is 0.100. The Kier molecular flexibility index (Phi) is 4.54. The molecule has 2 saturated carbocycles. The van der Waals surface area contributed by atoms with Crippen molar-refractivity contribution in [1.29, 1.82) is 0 Å². The molecular weight excluding hydrogens is 396 g/mol. The van der Waals surface area contributed by atoms with E-state index in [2.05, 4.69) is 18.7 Å². The van der Waals surface area contributed by atoms with Crippen LogP contribution in [0.25, 0.3) is 0 Å². The maximum Gasteiger partial charge on any atom is 0.333 e. The van der Waals surface area contributed by atoms with Crippen molar-refractivity contribution in [3.63, 3.8) is 0 Å². The number of carbonyl (C=O) groups excluding carboxylic acids is 3. The summed E-state index contributed by atoms with van der Waals surface area (Å²) in [5, 5.41) is 0. The van der Waals surface area contributed by atoms with Crippen LogP contribution in [0.2, 0.25) is 0 Å². The largest absolute Gasteiger partial charge is 0.459 e. The molecule has 6 atom stereocenters. The van der Waals surface area contributed by atoms with Crippen molar-refractivity contribution in [3.05, 3.63) is 47.5 Å². The second-order valence-electron chi connectivity index (χ2n) is 10.1. The molecule has 5 rings (SSSR count). The molecule has 6 unspecified atom stereocenters. The van der Waals surface area contributed by atoms with Crippen LogP contribution in [0.5, 0.6) is 0 Å². The second kappa shape index (κ2) is 6.94. The lowest BCUT2D eigenvalue weighted by molar-refractivity contribution is -0.175. The van der Waals surface area contributed by atoms with E-state index in [0.717, 1.165) is 12.8 Å². The second-order valence-corrected chi connectivity index (χ2v) is 10.1. The quantitative estimate of drug-likeness (QED) is 0.411. The molecule has 4 aliphatic rings. The highest BCUT2D eigenvalue weighted by Crippen LogP contribution is 2.59. The standard InChI is InChI=1S/C25H28O6/c1-12(2)22(26)29-20-17-11-16-18(23(27)30-21(16)20)19(17)24(28)31-25(3,4)15-9-13-7-5-6-8-14(13)10-15/h5-8,15-21H,1,9-11H2,2-4H3. The van der Waals surface area contributed by atoms with Gasteiger partial charge in [0.05, 0.1) is 11.8 Å². The third-order valence-corrected chi connectivity index (χ3v) is 7.81. The van der Waals surface area contributed by atoms with Gasteiger partial charge in [0.2, 0.25) is 0 Å². The molecule has 3 fully saturated rings. The van der Waals surface area contributed by atoms with Gasteiger partial charge in [-0.3, -0.25) is 9.59 Å². The summed E-state index contributed by atoms with van der Waals surface area (Å²) in [6, 6.07) is 8.31. The van der Waals surface area contributed by atoms with Gasteiger partial charge in [0, 0.05) is 23.3 Å². The fourth-order valence-corrected chi connectivity index (χ4v) is 6.15. The number of hydrogen-bond donors (Lipinski definition) is 0. The van der Waals surface area contributed by atoms with Gasteiger partial charge in [-0.15, -0.1) is 0 Å². The third kappa shape index (κ3) is 3.10. The lowest BCUT2D eigenvalue weighted by Crippen LogP contribution is -2.46. The number of esters is 3. The van der Waals surface area contributed by atoms with E-state index >= 15 is 0 Å². The van der Waals surface area contributed by atoms with Gasteiger partial charge in [-0.1, -0.05) is 30.8 Å². The normalized spacial score (nSPS) is 33.2. The highest BCUT2D eigenvalue weighted by atomic mass is 16.6. The van der Waals surface area contributed by atoms with Crippen LogP contribution in [0.15, 0.2) is 36.4 Å². The van der Waals surface area contributed by atoms with Crippen LogP contribution in [-0.2, 0) is 41.4 Å². The lowest BCUT2D eigenvalue weighted by Gasteiger charge is -2.35. The molecule has 0 aromatic heterocycles. The van der Waals surface area contributed by atoms with E-state index in [0.29, 0.717) is 6.42 Å². The minimum Gasteiger partial charge on any atom is -0.459 e. The monoisotopic (exact) mass is 424 g/mol. The van der Waals surface area contributed by atoms with E-state index in [1.807, 2.05) is 26.0 Å². The van der Waals surface area contributed by atoms with Crippen molar-refractivity contribution < 1.29 is 28.6 Å². The number of ether oxygens (including phenoxy) is 3. The van der Waals surface area contributed by atoms with Crippen molar-refractivity contribution in [3.8, 4) is 0 Å². The fourth-order valence-electron chi connectivity index (χ4n) is 6.15. The molecule has 31 heavy (non-hydrogen) atoms. The van der Waals surface area contributed by atoms with Gasteiger partial charge in [0.1, 0.15) is 17.8 Å². The first kappa shape index (κ1) is 20.3. The summed E-state index contributed by atoms with van der Waals surface area (Å²) in [7, 11) is 0. The summed E-state index contributed by atoms with van der Waals surface area (Å²) >= 11 is 0. The van der Waals surface area contributed by atoms with Gasteiger partial charge < -0.3 is 14.2 Å². The van der Waals surface area contributed by atoms with Gasteiger partial charge in [-0.25, -0.2) is 4.79 Å². The maximum absolute atomic E-state index is 13.4. The summed E-state index contributed by atoms with van der Waals surface area (Å²) in [4.78, 5) is 38.1. The first-order valence-electron chi connectivity index (χ1n) is 11.0. The number of rotatable bonds is 5. The highest BCUT2D eigenvalue weighted by molar-refractivity contribution is 5.88. The molecule has 0 amide bonds. The van der Waals surface area contributed by atoms with Crippen molar-refractivity contribution >= 4 is 17.9 Å². The zero-order valence-corrected chi connectivity index (χ0v) is 18.1. The molecule has 0 radical (unpaired) electrons. The van der Waals surface area contributed by atoms with Crippen LogP contribution in [-0.4, -0.2) is 35.7 Å². The summed E-state index contributed by atoms with van der Waals surface area (Å²) in [6.45, 7) is 9.10. The molecule has 1 aromatic rings. The molecule has 6 nitrogen and oxygen atoms in total. The Bertz CT molecular complexity index is 953. The number of carbonyl (C=O) groups is 3. The van der Waals surface area contributed by atoms with Crippen LogP contribution in [0.3, 0.4) is 0 Å². The van der Waals surface area contributed by atoms with Crippen molar-refractivity contribution in [1.82, 2.24) is 0 Å². The molecule has 1 saturated heterocycles. The third-order valence-electron chi connectivity index (χ3n) is 7.81. The summed E-state index contributed by atoms with van der Waals surface area (Å²) in [5.41, 5.74) is 2.20. The number of benzene rings is 1. The first-order valence-corrected chi connectivity index (χ1v) is 11.0. The summed E-state index contributed by atoms with van der Waals surface area (Å²) in [6.07, 6.45) is 1.27. The highest BCUT2D eigenvalue weighted by Gasteiger charge is 2.70. The molecular formula is C25H28O6. The Morgan fingerprint density at radius 3 is 2.39 bits per heavy atom. The van der Waals surface area contributed by atoms with E-state index in [-0.39, 0.29) is 35.3 Å². The van der Waals surface area contributed by atoms with Crippen LogP contribution in [0.4, 0.5) is 0 Å². The number of fused-ring (bicyclic) bond motifs is 2. The molecule has 1 heterocycles. The SMILES string of the molecule is C=C(C)C(=O)OC1C2CC3C1OC(=O)C3C2C(=O)OC(C)(C)C1Cc2ccccc2C1. The van der Waals surface area contributed by atoms with Crippen LogP contribution in [0, 0.1) is 29.6 Å². The van der Waals surface area contributed by atoms with Crippen LogP contribution < -0.4 is 0 Å². The van der Waals surface area contributed by atoms with E-state index in [9.17, 15) is 14.4 Å². The molecule has 1 aromatic carbocycles. The Balaban J connectivity index is 1.34. The van der Waals surface area contributed by atoms with E-state index in [1.165, 1.54) is 11.1 Å². The summed E-state index contributed by atoms with van der Waals surface area (Å²) < 4.78 is 17.2. The van der Waals surface area contributed by atoms with E-state index in [1.54, 1.807) is 6.92 Å². The zero-order valence-electron chi connectivity index (χ0n) is 18.1. The topological polar surface area (TPSA) is 78.9 Å². The Hall–Kier alpha value is -2.63. The van der Waals surface area contributed by atoms with Gasteiger partial charge in [-0.05, 0) is 51.2 Å². The summed E-state index contributed by atoms with van der Waals surface area (Å²) in [5.74, 6) is -2.61. The minimum atomic E-state index is -0.677. The fraction of sp³-hybridized carbons (Fsp3) is 0.560. The molecule has 1 aliphatic heterocycles. The van der Waals surface area contributed by atoms with Crippen molar-refractivity contribution in [2.24, 2.45) is 29.6 Å².